The van der Waals surface area contributed by atoms with Crippen LogP contribution < -0.4 is 11.1 Å². The van der Waals surface area contributed by atoms with Crippen molar-refractivity contribution < 1.29 is 0 Å². The summed E-state index contributed by atoms with van der Waals surface area (Å²) in [4.78, 5) is 4.28. The number of nitrogens with two attached hydrogens (primary N) is 1. The Morgan fingerprint density at radius 3 is 3.07 bits per heavy atom. The molecule has 3 nitrogen and oxygen atoms in total. The molecule has 0 spiro atoms. The molecule has 1 aliphatic heterocycles. The Bertz CT molecular complexity index is 280. The highest BCUT2D eigenvalue weighted by Crippen LogP contribution is 2.25. The number of hydrogen-bond donors (Lipinski definition) is 2. The molecule has 1 fully saturated rings. The summed E-state index contributed by atoms with van der Waals surface area (Å²) in [6.45, 7) is 2.25. The van der Waals surface area contributed by atoms with Gasteiger partial charge in [-0.1, -0.05) is 0 Å². The van der Waals surface area contributed by atoms with Gasteiger partial charge in [-0.3, -0.25) is 0 Å². The van der Waals surface area contributed by atoms with Gasteiger partial charge in [-0.25, -0.2) is 4.98 Å². The van der Waals surface area contributed by atoms with E-state index >= 15 is 0 Å². The molecule has 1 aliphatic rings. The van der Waals surface area contributed by atoms with Gasteiger partial charge in [0.2, 0.25) is 0 Å². The molecule has 2 rings (SSSR count). The number of nitrogens with zero attached hydrogens (tertiary/aromatic N) is 1. The maximum absolute atomic E-state index is 5.58. The van der Waals surface area contributed by atoms with Gasteiger partial charge in [0.25, 0.3) is 0 Å². The highest BCUT2D eigenvalue weighted by Gasteiger charge is 2.14. The van der Waals surface area contributed by atoms with Gasteiger partial charge < -0.3 is 11.1 Å². The summed E-state index contributed by atoms with van der Waals surface area (Å²) >= 11 is 1.84. The molecule has 1 saturated heterocycles. The third-order valence-electron chi connectivity index (χ3n) is 2.30. The summed E-state index contributed by atoms with van der Waals surface area (Å²) in [5.74, 6) is 0. The van der Waals surface area contributed by atoms with Crippen LogP contribution in [-0.2, 0) is 0 Å². The molecular weight excluding hydrogens is 194 g/mol. The van der Waals surface area contributed by atoms with Crippen molar-refractivity contribution in [1.29, 1.82) is 0 Å². The first-order valence-corrected chi connectivity index (χ1v) is 5.81. The fraction of sp³-hybridized carbons (Fsp3) is 0.500. The molecule has 2 heterocycles. The Morgan fingerprint density at radius 2 is 2.43 bits per heavy atom. The number of hydrogen-bond acceptors (Lipinski definition) is 4. The molecule has 4 heteroatoms. The number of piperidine rings is 1. The van der Waals surface area contributed by atoms with Gasteiger partial charge in [0.15, 0.2) is 0 Å². The van der Waals surface area contributed by atoms with Crippen LogP contribution in [0.3, 0.4) is 0 Å². The fourth-order valence-corrected chi connectivity index (χ4v) is 2.64. The highest BCUT2D eigenvalue weighted by molar-refractivity contribution is 7.99. The van der Waals surface area contributed by atoms with E-state index in [-0.39, 0.29) is 0 Å². The first kappa shape index (κ1) is 9.80. The quantitative estimate of drug-likeness (QED) is 0.775. The van der Waals surface area contributed by atoms with Gasteiger partial charge in [0, 0.05) is 11.8 Å². The number of pyridine rings is 1. The summed E-state index contributed by atoms with van der Waals surface area (Å²) in [7, 11) is 0. The van der Waals surface area contributed by atoms with E-state index in [1.54, 1.807) is 6.20 Å². The van der Waals surface area contributed by atoms with Crippen LogP contribution in [0.15, 0.2) is 23.4 Å². The molecule has 0 saturated carbocycles. The summed E-state index contributed by atoms with van der Waals surface area (Å²) in [6, 6.07) is 3.90. The lowest BCUT2D eigenvalue weighted by Gasteiger charge is -2.21. The summed E-state index contributed by atoms with van der Waals surface area (Å²) in [6.07, 6.45) is 4.27. The Hall–Kier alpha value is -0.740. The summed E-state index contributed by atoms with van der Waals surface area (Å²) in [5.41, 5.74) is 6.31. The fourth-order valence-electron chi connectivity index (χ4n) is 1.55. The number of nitrogen functional groups attached to an aromatic ring is 1. The SMILES string of the molecule is Nc1ccc(SC2CCCNC2)nc1. The molecule has 1 atom stereocenters. The molecular formula is C10H15N3S. The zero-order chi connectivity index (χ0) is 9.80. The van der Waals surface area contributed by atoms with Crippen molar-refractivity contribution in [2.45, 2.75) is 23.1 Å². The average Bonchev–Trinajstić information content (AvgIpc) is 2.23. The van der Waals surface area contributed by atoms with Crippen molar-refractivity contribution in [3.05, 3.63) is 18.3 Å². The van der Waals surface area contributed by atoms with E-state index in [1.165, 1.54) is 12.8 Å². The molecule has 0 bridgehead atoms. The van der Waals surface area contributed by atoms with E-state index in [1.807, 2.05) is 23.9 Å². The smallest absolute Gasteiger partial charge is 0.0964 e. The lowest BCUT2D eigenvalue weighted by Crippen LogP contribution is -2.31. The minimum atomic E-state index is 0.667. The molecule has 1 unspecified atom stereocenters. The third-order valence-corrected chi connectivity index (χ3v) is 3.52. The first-order valence-electron chi connectivity index (χ1n) is 4.93. The van der Waals surface area contributed by atoms with Crippen molar-refractivity contribution in [2.75, 3.05) is 18.8 Å². The molecule has 0 amide bonds. The molecule has 14 heavy (non-hydrogen) atoms. The van der Waals surface area contributed by atoms with Crippen LogP contribution in [0.25, 0.3) is 0 Å². The molecule has 0 aliphatic carbocycles. The van der Waals surface area contributed by atoms with E-state index in [9.17, 15) is 0 Å². The van der Waals surface area contributed by atoms with Gasteiger partial charge >= 0.3 is 0 Å². The molecule has 1 aromatic heterocycles. The van der Waals surface area contributed by atoms with Crippen LogP contribution in [0.4, 0.5) is 5.69 Å². The monoisotopic (exact) mass is 209 g/mol. The minimum Gasteiger partial charge on any atom is -0.397 e. The van der Waals surface area contributed by atoms with E-state index in [2.05, 4.69) is 10.3 Å². The van der Waals surface area contributed by atoms with Crippen LogP contribution in [0.1, 0.15) is 12.8 Å². The Labute approximate surface area is 88.5 Å². The van der Waals surface area contributed by atoms with Crippen molar-refractivity contribution in [1.82, 2.24) is 10.3 Å². The molecule has 0 aromatic carbocycles. The lowest BCUT2D eigenvalue weighted by atomic mass is 10.2. The number of nitrogens with one attached hydrogen (secondary N) is 1. The highest BCUT2D eigenvalue weighted by atomic mass is 32.2. The van der Waals surface area contributed by atoms with Crippen LogP contribution in [0, 0.1) is 0 Å². The van der Waals surface area contributed by atoms with E-state index in [4.69, 9.17) is 5.73 Å². The van der Waals surface area contributed by atoms with Crippen LogP contribution >= 0.6 is 11.8 Å². The van der Waals surface area contributed by atoms with Gasteiger partial charge in [0.1, 0.15) is 0 Å². The van der Waals surface area contributed by atoms with Crippen molar-refractivity contribution in [3.63, 3.8) is 0 Å². The second-order valence-electron chi connectivity index (χ2n) is 3.52. The van der Waals surface area contributed by atoms with Gasteiger partial charge in [-0.2, -0.15) is 0 Å². The van der Waals surface area contributed by atoms with Crippen LogP contribution in [0.2, 0.25) is 0 Å². The third kappa shape index (κ3) is 2.62. The predicted octanol–water partition coefficient (Wildman–Crippen LogP) is 1.51. The molecule has 0 radical (unpaired) electrons. The minimum absolute atomic E-state index is 0.667. The van der Waals surface area contributed by atoms with Gasteiger partial charge in [-0.05, 0) is 31.5 Å². The summed E-state index contributed by atoms with van der Waals surface area (Å²) in [5, 5.41) is 5.14. The molecule has 76 valence electrons. The Balaban J connectivity index is 1.92. The van der Waals surface area contributed by atoms with Crippen molar-refractivity contribution >= 4 is 17.4 Å². The Kier molecular flexibility index (Phi) is 3.26. The summed E-state index contributed by atoms with van der Waals surface area (Å²) < 4.78 is 0. The van der Waals surface area contributed by atoms with Gasteiger partial charge in [0.05, 0.1) is 16.9 Å². The maximum Gasteiger partial charge on any atom is 0.0964 e. The van der Waals surface area contributed by atoms with E-state index in [0.29, 0.717) is 5.25 Å². The molecule has 1 aromatic rings. The van der Waals surface area contributed by atoms with E-state index < -0.39 is 0 Å². The second kappa shape index (κ2) is 4.66. The largest absolute Gasteiger partial charge is 0.397 e. The number of aromatic nitrogens is 1. The second-order valence-corrected chi connectivity index (χ2v) is 4.84. The standard InChI is InChI=1S/C10H15N3S/c11-8-3-4-10(13-6-8)14-9-2-1-5-12-7-9/h3-4,6,9,12H,1-2,5,7,11H2. The lowest BCUT2D eigenvalue weighted by molar-refractivity contribution is 0.531. The normalized spacial score (nSPS) is 22.1. The topological polar surface area (TPSA) is 50.9 Å². The van der Waals surface area contributed by atoms with Crippen LogP contribution in [0.5, 0.6) is 0 Å². The first-order chi connectivity index (χ1) is 6.84. The zero-order valence-corrected chi connectivity index (χ0v) is 8.89. The zero-order valence-electron chi connectivity index (χ0n) is 8.07. The average molecular weight is 209 g/mol. The van der Waals surface area contributed by atoms with E-state index in [0.717, 1.165) is 23.8 Å². The predicted molar refractivity (Wildman–Crippen MR) is 60.4 cm³/mol. The van der Waals surface area contributed by atoms with Gasteiger partial charge in [-0.15, -0.1) is 11.8 Å². The molecule has 3 N–H and O–H groups in total. The maximum atomic E-state index is 5.58. The number of anilines is 1. The van der Waals surface area contributed by atoms with Crippen molar-refractivity contribution in [2.24, 2.45) is 0 Å². The number of thioether (sulfide) groups is 1. The Morgan fingerprint density at radius 1 is 1.50 bits per heavy atom. The number of rotatable bonds is 2. The van der Waals surface area contributed by atoms with Crippen molar-refractivity contribution in [3.8, 4) is 0 Å². The van der Waals surface area contributed by atoms with Crippen LogP contribution in [-0.4, -0.2) is 23.3 Å².